The van der Waals surface area contributed by atoms with Crippen LogP contribution in [0.15, 0.2) is 29.2 Å². The van der Waals surface area contributed by atoms with Crippen LogP contribution in [0.4, 0.5) is 5.69 Å². The minimum absolute atomic E-state index is 0.0921. The summed E-state index contributed by atoms with van der Waals surface area (Å²) in [6.45, 7) is 4.74. The highest BCUT2D eigenvalue weighted by Gasteiger charge is 2.20. The fourth-order valence-electron chi connectivity index (χ4n) is 1.51. The van der Waals surface area contributed by atoms with Gasteiger partial charge in [0.1, 0.15) is 0 Å². The molecule has 0 bridgehead atoms. The van der Waals surface area contributed by atoms with Crippen molar-refractivity contribution in [3.8, 4) is 0 Å². The highest BCUT2D eigenvalue weighted by Crippen LogP contribution is 2.15. The molecule has 0 saturated heterocycles. The minimum Gasteiger partial charge on any atom is -0.396 e. The van der Waals surface area contributed by atoms with Crippen molar-refractivity contribution in [3.05, 3.63) is 24.3 Å². The molecule has 1 rings (SSSR count). The van der Waals surface area contributed by atoms with Crippen LogP contribution in [0.3, 0.4) is 0 Å². The second-order valence-corrected chi connectivity index (χ2v) is 6.49. The third kappa shape index (κ3) is 4.59. The summed E-state index contributed by atoms with van der Waals surface area (Å²) in [5.41, 5.74) is 0.535. The van der Waals surface area contributed by atoms with Crippen LogP contribution in [0.1, 0.15) is 20.8 Å². The first-order chi connectivity index (χ1) is 9.26. The van der Waals surface area contributed by atoms with Gasteiger partial charge in [-0.3, -0.25) is 4.79 Å². The summed E-state index contributed by atoms with van der Waals surface area (Å²) in [7, 11) is -3.63. The number of anilines is 1. The van der Waals surface area contributed by atoms with Crippen LogP contribution in [0.25, 0.3) is 0 Å². The molecule has 112 valence electrons. The lowest BCUT2D eigenvalue weighted by molar-refractivity contribution is -0.114. The van der Waals surface area contributed by atoms with Crippen LogP contribution >= 0.6 is 0 Å². The maximum absolute atomic E-state index is 12.1. The maximum atomic E-state index is 12.1. The summed E-state index contributed by atoms with van der Waals surface area (Å²) in [4.78, 5) is 11.0. The average Bonchev–Trinajstić information content (AvgIpc) is 2.37. The summed E-state index contributed by atoms with van der Waals surface area (Å²) >= 11 is 0. The van der Waals surface area contributed by atoms with Crippen molar-refractivity contribution < 1.29 is 18.3 Å². The Morgan fingerprint density at radius 2 is 1.80 bits per heavy atom. The smallest absolute Gasteiger partial charge is 0.240 e. The van der Waals surface area contributed by atoms with Crippen molar-refractivity contribution in [1.82, 2.24) is 4.72 Å². The molecule has 0 heterocycles. The van der Waals surface area contributed by atoms with Gasteiger partial charge in [-0.15, -0.1) is 0 Å². The van der Waals surface area contributed by atoms with Gasteiger partial charge >= 0.3 is 0 Å². The molecule has 0 aliphatic heterocycles. The Bertz CT molecular complexity index is 554. The SMILES string of the molecule is CC(=O)Nc1ccc(S(=O)(=O)NC(C)C(C)CO)cc1. The number of nitrogens with one attached hydrogen (secondary N) is 2. The number of sulfonamides is 1. The van der Waals surface area contributed by atoms with Gasteiger partial charge in [0.25, 0.3) is 0 Å². The molecular formula is C13H20N2O4S. The van der Waals surface area contributed by atoms with E-state index in [0.717, 1.165) is 0 Å². The van der Waals surface area contributed by atoms with E-state index >= 15 is 0 Å². The van der Waals surface area contributed by atoms with Gasteiger partial charge in [0.15, 0.2) is 0 Å². The van der Waals surface area contributed by atoms with Crippen LogP contribution in [-0.4, -0.2) is 32.1 Å². The molecule has 0 fully saturated rings. The fourth-order valence-corrected chi connectivity index (χ4v) is 2.86. The van der Waals surface area contributed by atoms with E-state index in [0.29, 0.717) is 5.69 Å². The first-order valence-electron chi connectivity index (χ1n) is 6.27. The molecule has 7 heteroatoms. The van der Waals surface area contributed by atoms with Crippen molar-refractivity contribution in [2.45, 2.75) is 31.7 Å². The molecule has 20 heavy (non-hydrogen) atoms. The Kier molecular flexibility index (Phi) is 5.67. The lowest BCUT2D eigenvalue weighted by Crippen LogP contribution is -2.38. The van der Waals surface area contributed by atoms with Crippen LogP contribution in [0, 0.1) is 5.92 Å². The Morgan fingerprint density at radius 1 is 1.25 bits per heavy atom. The number of rotatable bonds is 6. The van der Waals surface area contributed by atoms with Gasteiger partial charge in [-0.1, -0.05) is 6.92 Å². The normalized spacial score (nSPS) is 14.6. The number of carbonyl (C=O) groups is 1. The van der Waals surface area contributed by atoms with Gasteiger partial charge in [-0.2, -0.15) is 0 Å². The summed E-state index contributed by atoms with van der Waals surface area (Å²) in [6, 6.07) is 5.51. The van der Waals surface area contributed by atoms with Crippen LogP contribution in [0.2, 0.25) is 0 Å². The molecule has 1 aromatic carbocycles. The average molecular weight is 300 g/mol. The Balaban J connectivity index is 2.85. The number of hydrogen-bond acceptors (Lipinski definition) is 4. The topological polar surface area (TPSA) is 95.5 Å². The number of benzene rings is 1. The van der Waals surface area contributed by atoms with E-state index in [2.05, 4.69) is 10.0 Å². The predicted octanol–water partition coefficient (Wildman–Crippen LogP) is 0.940. The zero-order chi connectivity index (χ0) is 15.3. The second kappa shape index (κ2) is 6.83. The number of amides is 1. The van der Waals surface area contributed by atoms with E-state index in [1.807, 2.05) is 0 Å². The van der Waals surface area contributed by atoms with Gasteiger partial charge in [0.2, 0.25) is 15.9 Å². The lowest BCUT2D eigenvalue weighted by Gasteiger charge is -2.19. The minimum atomic E-state index is -3.63. The third-order valence-corrected chi connectivity index (χ3v) is 4.54. The van der Waals surface area contributed by atoms with Crippen molar-refractivity contribution in [3.63, 3.8) is 0 Å². The molecule has 0 aliphatic carbocycles. The highest BCUT2D eigenvalue weighted by atomic mass is 32.2. The highest BCUT2D eigenvalue weighted by molar-refractivity contribution is 7.89. The van der Waals surface area contributed by atoms with E-state index in [1.165, 1.54) is 31.2 Å². The molecule has 0 radical (unpaired) electrons. The summed E-state index contributed by atoms with van der Waals surface area (Å²) in [5, 5.41) is 11.6. The van der Waals surface area contributed by atoms with Crippen LogP contribution in [-0.2, 0) is 14.8 Å². The molecule has 2 unspecified atom stereocenters. The number of aliphatic hydroxyl groups is 1. The van der Waals surface area contributed by atoms with Crippen molar-refractivity contribution in [2.24, 2.45) is 5.92 Å². The zero-order valence-electron chi connectivity index (χ0n) is 11.8. The molecule has 1 amide bonds. The summed E-state index contributed by atoms with van der Waals surface area (Å²) in [5.74, 6) is -0.396. The van der Waals surface area contributed by atoms with Gasteiger partial charge in [0, 0.05) is 25.3 Å². The lowest BCUT2D eigenvalue weighted by atomic mass is 10.1. The second-order valence-electron chi connectivity index (χ2n) is 4.78. The number of carbonyl (C=O) groups excluding carboxylic acids is 1. The van der Waals surface area contributed by atoms with E-state index in [9.17, 15) is 13.2 Å². The standard InChI is InChI=1S/C13H20N2O4S/c1-9(8-16)10(2)15-20(18,19)13-6-4-12(5-7-13)14-11(3)17/h4-7,9-10,15-16H,8H2,1-3H3,(H,14,17). The van der Waals surface area contributed by atoms with Gasteiger partial charge in [0.05, 0.1) is 4.90 Å². The quantitative estimate of drug-likeness (QED) is 0.728. The van der Waals surface area contributed by atoms with Crippen LogP contribution in [0.5, 0.6) is 0 Å². The van der Waals surface area contributed by atoms with Crippen LogP contribution < -0.4 is 10.0 Å². The van der Waals surface area contributed by atoms with Gasteiger partial charge in [-0.05, 0) is 37.1 Å². The zero-order valence-corrected chi connectivity index (χ0v) is 12.6. The van der Waals surface area contributed by atoms with E-state index < -0.39 is 10.0 Å². The number of aliphatic hydroxyl groups excluding tert-OH is 1. The molecular weight excluding hydrogens is 280 g/mol. The first kappa shape index (κ1) is 16.6. The molecule has 0 spiro atoms. The van der Waals surface area contributed by atoms with E-state index in [4.69, 9.17) is 5.11 Å². The molecule has 0 saturated carbocycles. The fraction of sp³-hybridized carbons (Fsp3) is 0.462. The Morgan fingerprint density at radius 3 is 2.25 bits per heavy atom. The number of hydrogen-bond donors (Lipinski definition) is 3. The Labute approximate surface area is 119 Å². The Hall–Kier alpha value is -1.44. The maximum Gasteiger partial charge on any atom is 0.240 e. The molecule has 6 nitrogen and oxygen atoms in total. The monoisotopic (exact) mass is 300 g/mol. The third-order valence-electron chi connectivity index (χ3n) is 2.97. The summed E-state index contributed by atoms with van der Waals surface area (Å²) in [6.07, 6.45) is 0. The largest absolute Gasteiger partial charge is 0.396 e. The van der Waals surface area contributed by atoms with Crippen molar-refractivity contribution in [1.29, 1.82) is 0 Å². The van der Waals surface area contributed by atoms with Gasteiger partial charge < -0.3 is 10.4 Å². The molecule has 0 aromatic heterocycles. The van der Waals surface area contributed by atoms with Gasteiger partial charge in [-0.25, -0.2) is 13.1 Å². The van der Waals surface area contributed by atoms with Crippen molar-refractivity contribution in [2.75, 3.05) is 11.9 Å². The molecule has 0 aliphatic rings. The first-order valence-corrected chi connectivity index (χ1v) is 7.75. The molecule has 1 aromatic rings. The van der Waals surface area contributed by atoms with E-state index in [-0.39, 0.29) is 29.4 Å². The van der Waals surface area contributed by atoms with Crippen molar-refractivity contribution >= 4 is 21.6 Å². The molecule has 2 atom stereocenters. The van der Waals surface area contributed by atoms with E-state index in [1.54, 1.807) is 13.8 Å². The predicted molar refractivity (Wildman–Crippen MR) is 76.8 cm³/mol. The molecule has 3 N–H and O–H groups in total. The summed E-state index contributed by atoms with van der Waals surface area (Å²) < 4.78 is 26.7.